The van der Waals surface area contributed by atoms with Crippen LogP contribution in [0.4, 0.5) is 5.95 Å². The summed E-state index contributed by atoms with van der Waals surface area (Å²) in [5, 5.41) is 0. The normalized spacial score (nSPS) is 10.4. The van der Waals surface area contributed by atoms with Crippen LogP contribution in [0, 0.1) is 0 Å². The summed E-state index contributed by atoms with van der Waals surface area (Å²) in [7, 11) is 0. The topological polar surface area (TPSA) is 130 Å². The molecule has 0 aromatic carbocycles. The van der Waals surface area contributed by atoms with Crippen LogP contribution >= 0.6 is 0 Å². The van der Waals surface area contributed by atoms with E-state index in [2.05, 4.69) is 25.4 Å². The quantitative estimate of drug-likeness (QED) is 0.316. The Morgan fingerprint density at radius 1 is 1.36 bits per heavy atom. The second-order valence-electron chi connectivity index (χ2n) is 2.50. The molecule has 0 fully saturated rings. The fraction of sp³-hybridized carbons (Fsp3) is 0. The number of nitrogen functional groups attached to an aromatic ring is 1. The minimum atomic E-state index is -0.473. The summed E-state index contributed by atoms with van der Waals surface area (Å²) in [5.74, 6) is 5.11. The fourth-order valence-electron chi connectivity index (χ4n) is 1.01. The number of nitrogens with one attached hydrogen (secondary N) is 3. The molecule has 0 radical (unpaired) electrons. The Labute approximate surface area is 76.2 Å². The van der Waals surface area contributed by atoms with Gasteiger partial charge in [0.25, 0.3) is 11.1 Å². The molecule has 2 aromatic heterocycles. The van der Waals surface area contributed by atoms with E-state index >= 15 is 0 Å². The van der Waals surface area contributed by atoms with Gasteiger partial charge in [-0.05, 0) is 0 Å². The first-order valence-corrected chi connectivity index (χ1v) is 3.66. The summed E-state index contributed by atoms with van der Waals surface area (Å²) >= 11 is 0. The van der Waals surface area contributed by atoms with Crippen molar-refractivity contribution in [3.8, 4) is 0 Å². The molecule has 0 saturated heterocycles. The van der Waals surface area contributed by atoms with Crippen LogP contribution < -0.4 is 22.4 Å². The molecule has 14 heavy (non-hydrogen) atoms. The predicted octanol–water partition coefficient (Wildman–Crippen LogP) is -1.71. The molecule has 0 amide bonds. The molecule has 0 atom stereocenters. The third-order valence-corrected chi connectivity index (χ3v) is 1.58. The van der Waals surface area contributed by atoms with Gasteiger partial charge in [0, 0.05) is 0 Å². The Kier molecular flexibility index (Phi) is 1.75. The lowest BCUT2D eigenvalue weighted by Gasteiger charge is -1.99. The van der Waals surface area contributed by atoms with Gasteiger partial charge in [0.1, 0.15) is 0 Å². The van der Waals surface area contributed by atoms with E-state index in [1.165, 1.54) is 0 Å². The summed E-state index contributed by atoms with van der Waals surface area (Å²) < 4.78 is 0. The number of nitrogens with two attached hydrogens (primary N) is 1. The minimum absolute atomic E-state index is 0.0589. The zero-order chi connectivity index (χ0) is 10.1. The van der Waals surface area contributed by atoms with Crippen LogP contribution in [0.3, 0.4) is 0 Å². The van der Waals surface area contributed by atoms with Crippen molar-refractivity contribution in [1.82, 2.24) is 19.9 Å². The first-order valence-electron chi connectivity index (χ1n) is 3.66. The summed E-state index contributed by atoms with van der Waals surface area (Å²) in [6.45, 7) is 0. The van der Waals surface area contributed by atoms with E-state index in [0.29, 0.717) is 0 Å². The Hall–Kier alpha value is -2.22. The number of anilines is 1. The van der Waals surface area contributed by atoms with Crippen LogP contribution in [0.15, 0.2) is 15.8 Å². The minimum Gasteiger partial charge on any atom is -0.304 e. The average molecular weight is 194 g/mol. The second-order valence-corrected chi connectivity index (χ2v) is 2.50. The number of hydrazine groups is 1. The molecule has 8 heteroatoms. The number of aromatic amines is 2. The molecule has 5 N–H and O–H groups in total. The molecular weight excluding hydrogens is 188 g/mol. The predicted molar refractivity (Wildman–Crippen MR) is 48.6 cm³/mol. The lowest BCUT2D eigenvalue weighted by Crippen LogP contribution is -2.20. The van der Waals surface area contributed by atoms with Gasteiger partial charge in [-0.25, -0.2) is 10.8 Å². The molecule has 0 unspecified atom stereocenters. The van der Waals surface area contributed by atoms with Gasteiger partial charge in [-0.2, -0.15) is 4.98 Å². The van der Waals surface area contributed by atoms with Gasteiger partial charge >= 0.3 is 0 Å². The zero-order valence-corrected chi connectivity index (χ0v) is 6.87. The van der Waals surface area contributed by atoms with Crippen molar-refractivity contribution in [3.05, 3.63) is 26.9 Å². The van der Waals surface area contributed by atoms with E-state index in [4.69, 9.17) is 5.84 Å². The summed E-state index contributed by atoms with van der Waals surface area (Å²) in [4.78, 5) is 34.3. The third kappa shape index (κ3) is 1.23. The average Bonchev–Trinajstić information content (AvgIpc) is 2.16. The molecule has 2 aromatic rings. The Bertz CT molecular complexity index is 585. The highest BCUT2D eigenvalue weighted by molar-refractivity contribution is 5.68. The van der Waals surface area contributed by atoms with E-state index in [1.807, 2.05) is 0 Å². The van der Waals surface area contributed by atoms with Gasteiger partial charge in [0.15, 0.2) is 11.2 Å². The Morgan fingerprint density at radius 2 is 2.14 bits per heavy atom. The molecule has 0 spiro atoms. The van der Waals surface area contributed by atoms with E-state index < -0.39 is 11.1 Å². The van der Waals surface area contributed by atoms with Crippen LogP contribution in [0.2, 0.25) is 0 Å². The number of aromatic nitrogens is 4. The fourth-order valence-corrected chi connectivity index (χ4v) is 1.01. The Morgan fingerprint density at radius 3 is 2.86 bits per heavy atom. The molecule has 2 heterocycles. The molecular formula is C6H6N6O2. The SMILES string of the molecule is NNc1nc2[nH]c(=O)cnc2c(=O)[nH]1. The molecule has 0 aliphatic rings. The van der Waals surface area contributed by atoms with Gasteiger partial charge in [0.05, 0.1) is 6.20 Å². The van der Waals surface area contributed by atoms with Crippen LogP contribution in [0.25, 0.3) is 11.2 Å². The molecule has 0 aliphatic heterocycles. The lowest BCUT2D eigenvalue weighted by molar-refractivity contribution is 1.07. The van der Waals surface area contributed by atoms with Crippen molar-refractivity contribution in [3.63, 3.8) is 0 Å². The van der Waals surface area contributed by atoms with Crippen molar-refractivity contribution in [2.45, 2.75) is 0 Å². The van der Waals surface area contributed by atoms with Gasteiger partial charge < -0.3 is 4.98 Å². The van der Waals surface area contributed by atoms with Crippen molar-refractivity contribution in [2.75, 3.05) is 5.43 Å². The first-order chi connectivity index (χ1) is 6.70. The highest BCUT2D eigenvalue weighted by Crippen LogP contribution is 1.98. The maximum absolute atomic E-state index is 11.3. The third-order valence-electron chi connectivity index (χ3n) is 1.58. The number of fused-ring (bicyclic) bond motifs is 1. The van der Waals surface area contributed by atoms with E-state index in [0.717, 1.165) is 6.20 Å². The number of hydrogen-bond donors (Lipinski definition) is 4. The number of nitrogens with zero attached hydrogens (tertiary/aromatic N) is 2. The monoisotopic (exact) mass is 194 g/mol. The highest BCUT2D eigenvalue weighted by atomic mass is 16.1. The molecule has 0 aliphatic carbocycles. The van der Waals surface area contributed by atoms with Gasteiger partial charge in [-0.1, -0.05) is 0 Å². The van der Waals surface area contributed by atoms with E-state index in [-0.39, 0.29) is 17.1 Å². The molecule has 72 valence electrons. The summed E-state index contributed by atoms with van der Waals surface area (Å²) in [6.07, 6.45) is 1.01. The maximum atomic E-state index is 11.3. The summed E-state index contributed by atoms with van der Waals surface area (Å²) in [5.41, 5.74) is 1.41. The van der Waals surface area contributed by atoms with Crippen LogP contribution in [0.5, 0.6) is 0 Å². The van der Waals surface area contributed by atoms with Gasteiger partial charge in [-0.15, -0.1) is 0 Å². The Balaban J connectivity index is 2.90. The molecule has 0 bridgehead atoms. The number of hydrogen-bond acceptors (Lipinski definition) is 6. The molecule has 8 nitrogen and oxygen atoms in total. The maximum Gasteiger partial charge on any atom is 0.280 e. The van der Waals surface area contributed by atoms with E-state index in [9.17, 15) is 9.59 Å². The lowest BCUT2D eigenvalue weighted by atomic mass is 10.5. The van der Waals surface area contributed by atoms with Crippen LogP contribution in [-0.4, -0.2) is 19.9 Å². The van der Waals surface area contributed by atoms with Gasteiger partial charge in [-0.3, -0.25) is 20.0 Å². The largest absolute Gasteiger partial charge is 0.304 e. The van der Waals surface area contributed by atoms with Crippen molar-refractivity contribution < 1.29 is 0 Å². The van der Waals surface area contributed by atoms with Crippen molar-refractivity contribution in [2.24, 2.45) is 5.84 Å². The molecule has 2 rings (SSSR count). The number of rotatable bonds is 1. The standard InChI is InChI=1S/C6H6N6O2/c7-12-6-10-4-3(5(14)11-6)8-1-2(13)9-4/h1H,7H2,(H3,9,10,11,12,13,14). The van der Waals surface area contributed by atoms with E-state index in [1.54, 1.807) is 0 Å². The van der Waals surface area contributed by atoms with Crippen LogP contribution in [0.1, 0.15) is 0 Å². The zero-order valence-electron chi connectivity index (χ0n) is 6.87. The number of H-pyrrole nitrogens is 2. The first kappa shape index (κ1) is 8.38. The molecule has 0 saturated carbocycles. The summed E-state index contributed by atoms with van der Waals surface area (Å²) in [6, 6.07) is 0. The van der Waals surface area contributed by atoms with Crippen LogP contribution in [-0.2, 0) is 0 Å². The second kappa shape index (κ2) is 2.92. The van der Waals surface area contributed by atoms with Gasteiger partial charge in [0.2, 0.25) is 5.95 Å². The highest BCUT2D eigenvalue weighted by Gasteiger charge is 2.03. The smallest absolute Gasteiger partial charge is 0.280 e. The van der Waals surface area contributed by atoms with Crippen molar-refractivity contribution in [1.29, 1.82) is 0 Å². The van der Waals surface area contributed by atoms with Crippen molar-refractivity contribution >= 4 is 17.1 Å².